The molecule has 5 saturated carbocycles. The molecule has 5 rings (SSSR count). The SMILES string of the molecule is OC1CC2C1C1C3C4CCC4C3C21. The third-order valence-electron chi connectivity index (χ3n) is 6.54. The molecule has 0 radical (unpaired) electrons. The van der Waals surface area contributed by atoms with E-state index in [1.165, 1.54) is 12.3 Å². The van der Waals surface area contributed by atoms with Crippen molar-refractivity contribution in [1.82, 2.24) is 0 Å². The van der Waals surface area contributed by atoms with E-state index in [1.54, 1.807) is 6.42 Å². The Labute approximate surface area is 78.5 Å². The number of aliphatic hydroxyl groups excluding tert-OH is 1. The monoisotopic (exact) mass is 176 g/mol. The minimum Gasteiger partial charge on any atom is -0.393 e. The maximum absolute atomic E-state index is 9.66. The van der Waals surface area contributed by atoms with Crippen molar-refractivity contribution in [2.24, 2.45) is 47.3 Å². The third-order valence-corrected chi connectivity index (χ3v) is 6.54. The van der Waals surface area contributed by atoms with Gasteiger partial charge in [0.05, 0.1) is 6.10 Å². The van der Waals surface area contributed by atoms with Gasteiger partial charge in [0.15, 0.2) is 0 Å². The maximum Gasteiger partial charge on any atom is 0.0576 e. The highest BCUT2D eigenvalue weighted by Crippen LogP contribution is 2.83. The zero-order valence-corrected chi connectivity index (χ0v) is 7.76. The predicted octanol–water partition coefficient (Wildman–Crippen LogP) is 1.52. The fraction of sp³-hybridized carbons (Fsp3) is 1.00. The average molecular weight is 176 g/mol. The zero-order valence-electron chi connectivity index (χ0n) is 7.76. The van der Waals surface area contributed by atoms with Crippen LogP contribution < -0.4 is 0 Å². The second kappa shape index (κ2) is 1.60. The van der Waals surface area contributed by atoms with Crippen molar-refractivity contribution in [3.8, 4) is 0 Å². The fourth-order valence-electron chi connectivity index (χ4n) is 5.96. The number of aliphatic hydroxyl groups is 1. The van der Waals surface area contributed by atoms with Crippen LogP contribution in [0, 0.1) is 47.3 Å². The number of hydrogen-bond donors (Lipinski definition) is 1. The van der Waals surface area contributed by atoms with Crippen LogP contribution in [0.4, 0.5) is 0 Å². The Bertz CT molecular complexity index is 293. The Morgan fingerprint density at radius 3 is 1.92 bits per heavy atom. The first kappa shape index (κ1) is 6.44. The van der Waals surface area contributed by atoms with Crippen LogP contribution in [0.3, 0.4) is 0 Å². The Morgan fingerprint density at radius 1 is 0.692 bits per heavy atom. The van der Waals surface area contributed by atoms with Gasteiger partial charge in [-0.05, 0) is 66.6 Å². The summed E-state index contributed by atoms with van der Waals surface area (Å²) < 4.78 is 0. The van der Waals surface area contributed by atoms with E-state index in [4.69, 9.17) is 0 Å². The first-order valence-corrected chi connectivity index (χ1v) is 6.06. The minimum absolute atomic E-state index is 0.117. The van der Waals surface area contributed by atoms with Gasteiger partial charge in [0, 0.05) is 0 Å². The number of hydrogen-bond acceptors (Lipinski definition) is 1. The first-order valence-electron chi connectivity index (χ1n) is 6.06. The van der Waals surface area contributed by atoms with Gasteiger partial charge in [-0.2, -0.15) is 0 Å². The summed E-state index contributed by atoms with van der Waals surface area (Å²) in [7, 11) is 0. The fourth-order valence-corrected chi connectivity index (χ4v) is 5.96. The number of rotatable bonds is 0. The summed E-state index contributed by atoms with van der Waals surface area (Å²) in [6.07, 6.45) is 4.36. The maximum atomic E-state index is 9.66. The molecule has 5 aliphatic carbocycles. The van der Waals surface area contributed by atoms with Crippen molar-refractivity contribution in [3.63, 3.8) is 0 Å². The van der Waals surface area contributed by atoms with Crippen molar-refractivity contribution in [2.75, 3.05) is 0 Å². The molecule has 5 fully saturated rings. The van der Waals surface area contributed by atoms with E-state index < -0.39 is 0 Å². The van der Waals surface area contributed by atoms with Crippen molar-refractivity contribution in [1.29, 1.82) is 0 Å². The molecule has 1 nitrogen and oxygen atoms in total. The van der Waals surface area contributed by atoms with E-state index in [0.29, 0.717) is 0 Å². The molecule has 0 saturated heterocycles. The van der Waals surface area contributed by atoms with Crippen molar-refractivity contribution in [2.45, 2.75) is 25.4 Å². The van der Waals surface area contributed by atoms with Gasteiger partial charge >= 0.3 is 0 Å². The molecule has 0 aromatic rings. The number of fused-ring (bicyclic) bond motifs is 10. The normalized spacial score (nSPS) is 80.5. The summed E-state index contributed by atoms with van der Waals surface area (Å²) in [5, 5.41) is 9.66. The molecule has 0 aromatic heterocycles. The van der Waals surface area contributed by atoms with E-state index >= 15 is 0 Å². The largest absolute Gasteiger partial charge is 0.393 e. The van der Waals surface area contributed by atoms with Crippen LogP contribution in [0.1, 0.15) is 19.3 Å². The average Bonchev–Trinajstić information content (AvgIpc) is 2.05. The summed E-state index contributed by atoms with van der Waals surface area (Å²) >= 11 is 0. The standard InChI is InChI=1S/C12H16O/c13-7-3-6-8(7)12-10-5-2-1-4(5)9(10)11(6)12/h4-13H,1-3H2. The minimum atomic E-state index is 0.117. The van der Waals surface area contributed by atoms with Crippen LogP contribution in [0.5, 0.6) is 0 Å². The molecule has 1 N–H and O–H groups in total. The highest BCUT2D eigenvalue weighted by Gasteiger charge is 2.79. The molecule has 13 heavy (non-hydrogen) atoms. The Balaban J connectivity index is 1.49. The molecule has 9 unspecified atom stereocenters. The highest BCUT2D eigenvalue weighted by atomic mass is 16.3. The summed E-state index contributed by atoms with van der Waals surface area (Å²) in [6.45, 7) is 0. The highest BCUT2D eigenvalue weighted by molar-refractivity contribution is 5.27. The molecule has 0 heterocycles. The van der Waals surface area contributed by atoms with E-state index in [1.807, 2.05) is 0 Å². The van der Waals surface area contributed by atoms with Crippen LogP contribution in [0.2, 0.25) is 0 Å². The predicted molar refractivity (Wildman–Crippen MR) is 47.8 cm³/mol. The van der Waals surface area contributed by atoms with Crippen LogP contribution in [-0.4, -0.2) is 11.2 Å². The van der Waals surface area contributed by atoms with Crippen LogP contribution in [-0.2, 0) is 0 Å². The summed E-state index contributed by atoms with van der Waals surface area (Å²) in [4.78, 5) is 0. The van der Waals surface area contributed by atoms with Crippen LogP contribution in [0.25, 0.3) is 0 Å². The molecule has 1 heteroatoms. The lowest BCUT2D eigenvalue weighted by Crippen LogP contribution is -2.81. The lowest BCUT2D eigenvalue weighted by molar-refractivity contribution is -0.381. The second-order valence-electron chi connectivity index (χ2n) is 6.26. The van der Waals surface area contributed by atoms with Crippen molar-refractivity contribution < 1.29 is 5.11 Å². The Kier molecular flexibility index (Phi) is 0.793. The topological polar surface area (TPSA) is 20.2 Å². The Morgan fingerprint density at radius 2 is 1.31 bits per heavy atom. The van der Waals surface area contributed by atoms with E-state index in [9.17, 15) is 5.11 Å². The van der Waals surface area contributed by atoms with Gasteiger partial charge < -0.3 is 5.11 Å². The van der Waals surface area contributed by atoms with Gasteiger partial charge in [-0.25, -0.2) is 0 Å². The molecule has 70 valence electrons. The van der Waals surface area contributed by atoms with E-state index in [-0.39, 0.29) is 6.10 Å². The van der Waals surface area contributed by atoms with Gasteiger partial charge in [-0.3, -0.25) is 0 Å². The quantitative estimate of drug-likeness (QED) is 0.555. The molecule has 0 spiro atoms. The van der Waals surface area contributed by atoms with Gasteiger partial charge in [0.25, 0.3) is 0 Å². The second-order valence-corrected chi connectivity index (χ2v) is 6.26. The van der Waals surface area contributed by atoms with Crippen LogP contribution in [0.15, 0.2) is 0 Å². The molecule has 0 bridgehead atoms. The lowest BCUT2D eigenvalue weighted by Gasteiger charge is -2.84. The zero-order chi connectivity index (χ0) is 8.32. The van der Waals surface area contributed by atoms with Gasteiger partial charge in [0.2, 0.25) is 0 Å². The van der Waals surface area contributed by atoms with Crippen molar-refractivity contribution >= 4 is 0 Å². The molecular formula is C12H16O. The third kappa shape index (κ3) is 0.423. The summed E-state index contributed by atoms with van der Waals surface area (Å²) in [6, 6.07) is 0. The van der Waals surface area contributed by atoms with Gasteiger partial charge in [-0.1, -0.05) is 0 Å². The molecule has 0 aliphatic heterocycles. The first-order chi connectivity index (χ1) is 6.38. The van der Waals surface area contributed by atoms with E-state index in [2.05, 4.69) is 0 Å². The van der Waals surface area contributed by atoms with Crippen LogP contribution >= 0.6 is 0 Å². The van der Waals surface area contributed by atoms with Gasteiger partial charge in [-0.15, -0.1) is 0 Å². The van der Waals surface area contributed by atoms with Gasteiger partial charge in [0.1, 0.15) is 0 Å². The Hall–Kier alpha value is -0.0400. The summed E-state index contributed by atoms with van der Waals surface area (Å²) in [5.41, 5.74) is 0. The molecule has 5 aliphatic rings. The molecule has 0 aromatic carbocycles. The summed E-state index contributed by atoms with van der Waals surface area (Å²) in [5.74, 6) is 8.48. The lowest BCUT2D eigenvalue weighted by atomic mass is 9.21. The molecule has 0 amide bonds. The molecule has 9 atom stereocenters. The molecular weight excluding hydrogens is 160 g/mol. The van der Waals surface area contributed by atoms with E-state index in [0.717, 1.165) is 47.8 Å². The van der Waals surface area contributed by atoms with Crippen molar-refractivity contribution in [3.05, 3.63) is 0 Å². The smallest absolute Gasteiger partial charge is 0.0576 e.